The Kier molecular flexibility index (Phi) is 8.88. The monoisotopic (exact) mass is 381 g/mol. The van der Waals surface area contributed by atoms with Crippen LogP contribution in [0.5, 0.6) is 0 Å². The summed E-state index contributed by atoms with van der Waals surface area (Å²) in [6.07, 6.45) is 10.7. The van der Waals surface area contributed by atoms with Crippen molar-refractivity contribution < 1.29 is 8.42 Å². The van der Waals surface area contributed by atoms with E-state index in [0.717, 1.165) is 32.4 Å². The SMILES string of the molecule is CCCCCCCCc1ccc(NS(=O)(=O)NC2CCCN(C)C2)cc1. The third kappa shape index (κ3) is 8.06. The van der Waals surface area contributed by atoms with Crippen LogP contribution in [0.4, 0.5) is 5.69 Å². The van der Waals surface area contributed by atoms with Crippen molar-refractivity contribution in [1.82, 2.24) is 9.62 Å². The lowest BCUT2D eigenvalue weighted by atomic mass is 10.0. The van der Waals surface area contributed by atoms with Crippen LogP contribution in [-0.2, 0) is 16.6 Å². The van der Waals surface area contributed by atoms with E-state index in [2.05, 4.69) is 21.3 Å². The molecule has 0 saturated carbocycles. The highest BCUT2D eigenvalue weighted by Gasteiger charge is 2.22. The predicted molar refractivity (Wildman–Crippen MR) is 110 cm³/mol. The molecular weight excluding hydrogens is 346 g/mol. The van der Waals surface area contributed by atoms with E-state index < -0.39 is 10.2 Å². The first-order valence-electron chi connectivity index (χ1n) is 10.1. The molecule has 1 aliphatic heterocycles. The minimum absolute atomic E-state index is 0.0155. The van der Waals surface area contributed by atoms with Crippen LogP contribution >= 0.6 is 0 Å². The smallest absolute Gasteiger partial charge is 0.299 e. The summed E-state index contributed by atoms with van der Waals surface area (Å²) >= 11 is 0. The molecule has 2 rings (SSSR count). The van der Waals surface area contributed by atoms with Gasteiger partial charge in [0, 0.05) is 18.3 Å². The van der Waals surface area contributed by atoms with Crippen molar-refractivity contribution in [2.24, 2.45) is 0 Å². The standard InChI is InChI=1S/C20H35N3O2S/c1-3-4-5-6-7-8-10-18-12-14-19(15-13-18)21-26(24,25)22-20-11-9-16-23(2)17-20/h12-15,20-22H,3-11,16-17H2,1-2H3. The molecule has 1 aromatic rings. The largest absolute Gasteiger partial charge is 0.305 e. The third-order valence-corrected chi connectivity index (χ3v) is 6.12. The van der Waals surface area contributed by atoms with Crippen LogP contribution in [0.3, 0.4) is 0 Å². The third-order valence-electron chi connectivity index (χ3n) is 4.97. The summed E-state index contributed by atoms with van der Waals surface area (Å²) in [5.41, 5.74) is 1.89. The number of piperidine rings is 1. The Morgan fingerprint density at radius 2 is 1.77 bits per heavy atom. The van der Waals surface area contributed by atoms with Gasteiger partial charge in [0.15, 0.2) is 0 Å². The number of unbranched alkanes of at least 4 members (excludes halogenated alkanes) is 5. The lowest BCUT2D eigenvalue weighted by molar-refractivity contribution is 0.242. The summed E-state index contributed by atoms with van der Waals surface area (Å²) in [4.78, 5) is 2.16. The number of nitrogens with zero attached hydrogens (tertiary/aromatic N) is 1. The normalized spacial score (nSPS) is 18.8. The van der Waals surface area contributed by atoms with Crippen LogP contribution in [0.1, 0.15) is 63.9 Å². The van der Waals surface area contributed by atoms with Gasteiger partial charge in [0.2, 0.25) is 0 Å². The minimum atomic E-state index is -3.53. The molecule has 0 aromatic heterocycles. The van der Waals surface area contributed by atoms with Gasteiger partial charge in [-0.2, -0.15) is 13.1 Å². The molecule has 1 saturated heterocycles. The number of hydrogen-bond acceptors (Lipinski definition) is 3. The van der Waals surface area contributed by atoms with E-state index in [4.69, 9.17) is 0 Å². The summed E-state index contributed by atoms with van der Waals surface area (Å²) in [7, 11) is -1.50. The van der Waals surface area contributed by atoms with Crippen LogP contribution in [0.2, 0.25) is 0 Å². The fraction of sp³-hybridized carbons (Fsp3) is 0.700. The first kappa shape index (κ1) is 21.2. The molecule has 1 fully saturated rings. The zero-order valence-electron chi connectivity index (χ0n) is 16.3. The second-order valence-corrected chi connectivity index (χ2v) is 8.99. The average Bonchev–Trinajstić information content (AvgIpc) is 2.58. The van der Waals surface area contributed by atoms with Gasteiger partial charge in [0.25, 0.3) is 10.2 Å². The van der Waals surface area contributed by atoms with Gasteiger partial charge in [-0.1, -0.05) is 51.2 Å². The summed E-state index contributed by atoms with van der Waals surface area (Å²) in [6, 6.07) is 7.76. The number of hydrogen-bond donors (Lipinski definition) is 2. The van der Waals surface area contributed by atoms with E-state index in [1.165, 1.54) is 44.1 Å². The number of benzene rings is 1. The fourth-order valence-corrected chi connectivity index (χ4v) is 4.65. The minimum Gasteiger partial charge on any atom is -0.305 e. The van der Waals surface area contributed by atoms with E-state index in [9.17, 15) is 8.42 Å². The van der Waals surface area contributed by atoms with E-state index in [0.29, 0.717) is 5.69 Å². The van der Waals surface area contributed by atoms with E-state index in [1.54, 1.807) is 0 Å². The van der Waals surface area contributed by atoms with Crippen LogP contribution in [-0.4, -0.2) is 39.5 Å². The van der Waals surface area contributed by atoms with Crippen LogP contribution in [0.25, 0.3) is 0 Å². The van der Waals surface area contributed by atoms with Gasteiger partial charge in [-0.25, -0.2) is 0 Å². The number of likely N-dealkylation sites (tertiary alicyclic amines) is 1. The van der Waals surface area contributed by atoms with Crippen LogP contribution in [0.15, 0.2) is 24.3 Å². The Bertz CT molecular complexity index is 616. The zero-order valence-corrected chi connectivity index (χ0v) is 17.2. The molecule has 1 aromatic carbocycles. The maximum atomic E-state index is 12.3. The zero-order chi connectivity index (χ0) is 18.8. The summed E-state index contributed by atoms with van der Waals surface area (Å²) in [5.74, 6) is 0. The topological polar surface area (TPSA) is 61.4 Å². The van der Waals surface area contributed by atoms with Gasteiger partial charge >= 0.3 is 0 Å². The van der Waals surface area contributed by atoms with Crippen molar-refractivity contribution in [3.05, 3.63) is 29.8 Å². The summed E-state index contributed by atoms with van der Waals surface area (Å²) in [5, 5.41) is 0. The molecule has 0 spiro atoms. The van der Waals surface area contributed by atoms with Gasteiger partial charge in [0.05, 0.1) is 0 Å². The molecule has 1 heterocycles. The van der Waals surface area contributed by atoms with Crippen molar-refractivity contribution in [1.29, 1.82) is 0 Å². The quantitative estimate of drug-likeness (QED) is 0.571. The second-order valence-electron chi connectivity index (χ2n) is 7.54. The molecule has 1 atom stereocenters. The summed E-state index contributed by atoms with van der Waals surface area (Å²) < 4.78 is 30.0. The number of rotatable bonds is 11. The van der Waals surface area contributed by atoms with E-state index in [1.807, 2.05) is 31.3 Å². The first-order valence-corrected chi connectivity index (χ1v) is 11.5. The molecule has 5 nitrogen and oxygen atoms in total. The van der Waals surface area contributed by atoms with Gasteiger partial charge in [-0.15, -0.1) is 0 Å². The molecule has 0 bridgehead atoms. The molecule has 6 heteroatoms. The highest BCUT2D eigenvalue weighted by molar-refractivity contribution is 7.90. The lowest BCUT2D eigenvalue weighted by Crippen LogP contribution is -2.47. The van der Waals surface area contributed by atoms with E-state index >= 15 is 0 Å². The van der Waals surface area contributed by atoms with Crippen molar-refractivity contribution in [2.45, 2.75) is 70.8 Å². The first-order chi connectivity index (χ1) is 12.5. The Labute approximate surface area is 159 Å². The number of anilines is 1. The Morgan fingerprint density at radius 3 is 2.46 bits per heavy atom. The van der Waals surface area contributed by atoms with Gasteiger partial charge in [-0.3, -0.25) is 4.72 Å². The van der Waals surface area contributed by atoms with Crippen LogP contribution in [0, 0.1) is 0 Å². The van der Waals surface area contributed by atoms with Crippen molar-refractivity contribution in [2.75, 3.05) is 24.9 Å². The van der Waals surface area contributed by atoms with Gasteiger partial charge in [0.1, 0.15) is 0 Å². The van der Waals surface area contributed by atoms with Crippen molar-refractivity contribution >= 4 is 15.9 Å². The van der Waals surface area contributed by atoms with Gasteiger partial charge in [-0.05, 0) is 57.0 Å². The molecular formula is C20H35N3O2S. The maximum absolute atomic E-state index is 12.3. The summed E-state index contributed by atoms with van der Waals surface area (Å²) in [6.45, 7) is 4.03. The molecule has 2 N–H and O–H groups in total. The Balaban J connectivity index is 1.75. The highest BCUT2D eigenvalue weighted by atomic mass is 32.2. The molecule has 1 unspecified atom stereocenters. The molecule has 0 amide bonds. The number of aryl methyl sites for hydroxylation is 1. The van der Waals surface area contributed by atoms with E-state index in [-0.39, 0.29) is 6.04 Å². The Morgan fingerprint density at radius 1 is 1.08 bits per heavy atom. The second kappa shape index (κ2) is 10.9. The highest BCUT2D eigenvalue weighted by Crippen LogP contribution is 2.15. The predicted octanol–water partition coefficient (Wildman–Crippen LogP) is 3.93. The Hall–Kier alpha value is -1.11. The lowest BCUT2D eigenvalue weighted by Gasteiger charge is -2.30. The molecule has 0 aliphatic carbocycles. The van der Waals surface area contributed by atoms with Crippen LogP contribution < -0.4 is 9.44 Å². The maximum Gasteiger partial charge on any atom is 0.299 e. The molecule has 148 valence electrons. The number of nitrogens with one attached hydrogen (secondary N) is 2. The molecule has 26 heavy (non-hydrogen) atoms. The fourth-order valence-electron chi connectivity index (χ4n) is 3.52. The molecule has 0 radical (unpaired) electrons. The number of likely N-dealkylation sites (N-methyl/N-ethyl adjacent to an activating group) is 1. The molecule has 1 aliphatic rings. The van der Waals surface area contributed by atoms with Gasteiger partial charge < -0.3 is 4.90 Å². The van der Waals surface area contributed by atoms with Crippen molar-refractivity contribution in [3.8, 4) is 0 Å². The van der Waals surface area contributed by atoms with Crippen molar-refractivity contribution in [3.63, 3.8) is 0 Å². The average molecular weight is 382 g/mol.